The molecule has 0 fully saturated rings. The average Bonchev–Trinajstić information content (AvgIpc) is 2.55. The van der Waals surface area contributed by atoms with Crippen molar-refractivity contribution in [1.29, 1.82) is 0 Å². The smallest absolute Gasteiger partial charge is 0.336 e. The van der Waals surface area contributed by atoms with E-state index >= 15 is 0 Å². The molecule has 0 unspecified atom stereocenters. The highest BCUT2D eigenvalue weighted by Crippen LogP contribution is 2.26. The maximum Gasteiger partial charge on any atom is 0.336 e. The molecule has 2 aromatic carbocycles. The highest BCUT2D eigenvalue weighted by Gasteiger charge is 2.06. The number of halogens is 1. The molecule has 22 heavy (non-hydrogen) atoms. The Balaban J connectivity index is 2.01. The summed E-state index contributed by atoms with van der Waals surface area (Å²) < 4.78 is 11.2. The van der Waals surface area contributed by atoms with Gasteiger partial charge in [0.2, 0.25) is 0 Å². The van der Waals surface area contributed by atoms with Crippen LogP contribution in [0.3, 0.4) is 0 Å². The van der Waals surface area contributed by atoms with E-state index in [0.29, 0.717) is 5.75 Å². The predicted molar refractivity (Wildman–Crippen MR) is 91.2 cm³/mol. The Kier molecular flexibility index (Phi) is 5.78. The summed E-state index contributed by atoms with van der Waals surface area (Å²) in [7, 11) is 1.61. The van der Waals surface area contributed by atoms with Gasteiger partial charge in [0.15, 0.2) is 0 Å². The van der Waals surface area contributed by atoms with Crippen LogP contribution in [0, 0.1) is 0 Å². The number of hydrogen-bond donors (Lipinski definition) is 0. The first kappa shape index (κ1) is 16.3. The number of rotatable bonds is 5. The van der Waals surface area contributed by atoms with E-state index < -0.39 is 5.97 Å². The zero-order valence-corrected chi connectivity index (χ0v) is 14.1. The molecule has 0 saturated heterocycles. The second-order valence-corrected chi connectivity index (χ2v) is 5.50. The topological polar surface area (TPSA) is 35.5 Å². The Morgan fingerprint density at radius 3 is 2.50 bits per heavy atom. The number of esters is 1. The summed E-state index contributed by atoms with van der Waals surface area (Å²) in [6.07, 6.45) is 4.04. The van der Waals surface area contributed by atoms with E-state index in [2.05, 4.69) is 22.9 Å². The quantitative estimate of drug-likeness (QED) is 0.442. The van der Waals surface area contributed by atoms with E-state index in [1.54, 1.807) is 19.3 Å². The number of hydrogen-bond acceptors (Lipinski definition) is 3. The largest absolute Gasteiger partial charge is 0.497 e. The maximum absolute atomic E-state index is 11.9. The van der Waals surface area contributed by atoms with E-state index in [4.69, 9.17) is 9.47 Å². The molecule has 0 radical (unpaired) electrons. The molecule has 2 rings (SSSR count). The van der Waals surface area contributed by atoms with Crippen LogP contribution in [-0.2, 0) is 11.2 Å². The Labute approximate surface area is 138 Å². The van der Waals surface area contributed by atoms with Crippen molar-refractivity contribution in [2.45, 2.75) is 13.3 Å². The van der Waals surface area contributed by atoms with Gasteiger partial charge >= 0.3 is 5.97 Å². The number of methoxy groups -OCH3 is 1. The van der Waals surface area contributed by atoms with Crippen LogP contribution in [0.1, 0.15) is 18.1 Å². The normalized spacial score (nSPS) is 10.7. The van der Waals surface area contributed by atoms with Crippen LogP contribution in [0.25, 0.3) is 6.08 Å². The molecule has 0 heterocycles. The molecule has 0 amide bonds. The number of carbonyl (C=O) groups is 1. The van der Waals surface area contributed by atoms with Crippen LogP contribution in [-0.4, -0.2) is 13.1 Å². The van der Waals surface area contributed by atoms with Gasteiger partial charge in [0.1, 0.15) is 11.5 Å². The zero-order chi connectivity index (χ0) is 15.9. The van der Waals surface area contributed by atoms with Gasteiger partial charge in [0, 0.05) is 6.08 Å². The molecule has 0 N–H and O–H groups in total. The van der Waals surface area contributed by atoms with Crippen molar-refractivity contribution in [3.63, 3.8) is 0 Å². The van der Waals surface area contributed by atoms with E-state index in [1.165, 1.54) is 11.6 Å². The third-order valence-corrected chi connectivity index (χ3v) is 3.76. The van der Waals surface area contributed by atoms with E-state index in [-0.39, 0.29) is 0 Å². The molecule has 0 aliphatic heterocycles. The van der Waals surface area contributed by atoms with Gasteiger partial charge < -0.3 is 9.47 Å². The van der Waals surface area contributed by atoms with Gasteiger partial charge in [-0.1, -0.05) is 25.1 Å². The fraction of sp³-hybridized carbons (Fsp3) is 0.167. The summed E-state index contributed by atoms with van der Waals surface area (Å²) in [5.74, 6) is 0.877. The first-order chi connectivity index (χ1) is 10.6. The average molecular weight is 361 g/mol. The lowest BCUT2D eigenvalue weighted by atomic mass is 10.2. The summed E-state index contributed by atoms with van der Waals surface area (Å²) in [6.45, 7) is 2.07. The van der Waals surface area contributed by atoms with Crippen LogP contribution in [0.15, 0.2) is 53.0 Å². The van der Waals surface area contributed by atoms with Gasteiger partial charge in [0.05, 0.1) is 11.6 Å². The first-order valence-electron chi connectivity index (χ1n) is 6.94. The third-order valence-electron chi connectivity index (χ3n) is 3.14. The lowest BCUT2D eigenvalue weighted by Gasteiger charge is -2.05. The molecule has 0 aliphatic rings. The SMILES string of the molecule is CCc1ccc(OC(=O)C=Cc2ccc(OC)cc2)c(Br)c1. The lowest BCUT2D eigenvalue weighted by molar-refractivity contribution is -0.128. The summed E-state index contributed by atoms with van der Waals surface area (Å²) >= 11 is 3.41. The first-order valence-corrected chi connectivity index (χ1v) is 7.74. The second kappa shape index (κ2) is 7.80. The van der Waals surface area contributed by atoms with Crippen molar-refractivity contribution >= 4 is 28.0 Å². The Morgan fingerprint density at radius 2 is 1.91 bits per heavy atom. The standard InChI is InChI=1S/C18H17BrO3/c1-3-13-6-10-17(16(19)12-13)22-18(20)11-7-14-4-8-15(21-2)9-5-14/h4-12H,3H2,1-2H3. The van der Waals surface area contributed by atoms with Gasteiger partial charge in [-0.05, 0) is 63.8 Å². The molecule has 2 aromatic rings. The fourth-order valence-electron chi connectivity index (χ4n) is 1.87. The van der Waals surface area contributed by atoms with E-state index in [0.717, 1.165) is 22.2 Å². The van der Waals surface area contributed by atoms with Gasteiger partial charge in [0.25, 0.3) is 0 Å². The number of ether oxygens (including phenoxy) is 2. The highest BCUT2D eigenvalue weighted by atomic mass is 79.9. The van der Waals surface area contributed by atoms with Gasteiger partial charge in [-0.2, -0.15) is 0 Å². The minimum atomic E-state index is -0.416. The molecular weight excluding hydrogens is 344 g/mol. The molecule has 0 bridgehead atoms. The molecular formula is C18H17BrO3. The summed E-state index contributed by atoms with van der Waals surface area (Å²) in [5, 5.41) is 0. The van der Waals surface area contributed by atoms with Crippen molar-refractivity contribution in [1.82, 2.24) is 0 Å². The monoisotopic (exact) mass is 360 g/mol. The van der Waals surface area contributed by atoms with Gasteiger partial charge in [-0.25, -0.2) is 4.79 Å². The molecule has 3 nitrogen and oxygen atoms in total. The second-order valence-electron chi connectivity index (χ2n) is 4.65. The number of benzene rings is 2. The zero-order valence-electron chi connectivity index (χ0n) is 12.5. The Morgan fingerprint density at radius 1 is 1.18 bits per heavy atom. The predicted octanol–water partition coefficient (Wildman–Crippen LogP) is 4.64. The van der Waals surface area contributed by atoms with Crippen molar-refractivity contribution < 1.29 is 14.3 Å². The lowest BCUT2D eigenvalue weighted by Crippen LogP contribution is -2.04. The van der Waals surface area contributed by atoms with Crippen LogP contribution >= 0.6 is 15.9 Å². The molecule has 4 heteroatoms. The molecule has 0 atom stereocenters. The summed E-state index contributed by atoms with van der Waals surface area (Å²) in [6, 6.07) is 13.1. The van der Waals surface area contributed by atoms with E-state index in [1.807, 2.05) is 36.4 Å². The highest BCUT2D eigenvalue weighted by molar-refractivity contribution is 9.10. The van der Waals surface area contributed by atoms with Crippen molar-refractivity contribution in [2.75, 3.05) is 7.11 Å². The number of carbonyl (C=O) groups excluding carboxylic acids is 1. The van der Waals surface area contributed by atoms with Gasteiger partial charge in [-0.15, -0.1) is 0 Å². The van der Waals surface area contributed by atoms with Crippen molar-refractivity contribution in [3.05, 3.63) is 64.1 Å². The van der Waals surface area contributed by atoms with Crippen LogP contribution in [0.4, 0.5) is 0 Å². The van der Waals surface area contributed by atoms with Gasteiger partial charge in [-0.3, -0.25) is 0 Å². The Bertz CT molecular complexity index is 675. The fourth-order valence-corrected chi connectivity index (χ4v) is 2.38. The molecule has 114 valence electrons. The molecule has 0 saturated carbocycles. The minimum absolute atomic E-state index is 0.416. The minimum Gasteiger partial charge on any atom is -0.497 e. The Hall–Kier alpha value is -2.07. The van der Waals surface area contributed by atoms with Crippen molar-refractivity contribution in [2.24, 2.45) is 0 Å². The summed E-state index contributed by atoms with van der Waals surface area (Å²) in [5.41, 5.74) is 2.08. The van der Waals surface area contributed by atoms with Crippen LogP contribution < -0.4 is 9.47 Å². The van der Waals surface area contributed by atoms with Crippen molar-refractivity contribution in [3.8, 4) is 11.5 Å². The molecule has 0 spiro atoms. The molecule has 0 aromatic heterocycles. The summed E-state index contributed by atoms with van der Waals surface area (Å²) in [4.78, 5) is 11.9. The third kappa shape index (κ3) is 4.46. The van der Waals surface area contributed by atoms with E-state index in [9.17, 15) is 4.79 Å². The maximum atomic E-state index is 11.9. The number of aryl methyl sites for hydroxylation is 1. The molecule has 0 aliphatic carbocycles. The van der Waals surface area contributed by atoms with Crippen LogP contribution in [0.2, 0.25) is 0 Å². The van der Waals surface area contributed by atoms with Crippen LogP contribution in [0.5, 0.6) is 11.5 Å².